The van der Waals surface area contributed by atoms with Crippen molar-refractivity contribution in [2.24, 2.45) is 29.4 Å². The van der Waals surface area contributed by atoms with Gasteiger partial charge in [-0.05, 0) is 42.0 Å². The molecule has 0 heterocycles. The second kappa shape index (κ2) is 17.4. The Hall–Kier alpha value is -1.51. The third-order valence-electron chi connectivity index (χ3n) is 5.56. The third kappa shape index (κ3) is 17.1. The number of rotatable bonds is 17. The number of carbonyl (C=O) groups excluding carboxylic acids is 1. The Morgan fingerprint density at radius 3 is 1.79 bits per heavy atom. The summed E-state index contributed by atoms with van der Waals surface area (Å²) < 4.78 is 5.33. The highest BCUT2D eigenvalue weighted by Crippen LogP contribution is 2.23. The van der Waals surface area contributed by atoms with E-state index in [4.69, 9.17) is 10.5 Å². The van der Waals surface area contributed by atoms with Gasteiger partial charge in [-0.1, -0.05) is 105 Å². The molecule has 0 bridgehead atoms. The molecule has 0 aliphatic rings. The van der Waals surface area contributed by atoms with Crippen molar-refractivity contribution in [2.45, 2.75) is 98.8 Å². The summed E-state index contributed by atoms with van der Waals surface area (Å²) in [5.41, 5.74) is 5.37. The normalized spacial score (nSPS) is 15.4. The van der Waals surface area contributed by atoms with E-state index >= 15 is 0 Å². The number of ether oxygens (including phenoxy) is 1. The molecule has 0 aliphatic heterocycles. The zero-order valence-electron chi connectivity index (χ0n) is 19.8. The maximum absolute atomic E-state index is 12.1. The average Bonchev–Trinajstić information content (AvgIpc) is 2.61. The summed E-state index contributed by atoms with van der Waals surface area (Å²) in [6.07, 6.45) is 18.2. The van der Waals surface area contributed by atoms with Gasteiger partial charge in [0.2, 0.25) is 0 Å². The Labute approximate surface area is 180 Å². The molecular weight excluding hydrogens is 358 g/mol. The lowest BCUT2D eigenvalue weighted by molar-refractivity contribution is -0.140. The Morgan fingerprint density at radius 2 is 1.34 bits per heavy atom. The van der Waals surface area contributed by atoms with E-state index in [0.717, 1.165) is 24.2 Å². The summed E-state index contributed by atoms with van der Waals surface area (Å²) in [5.74, 6) is 3.03. The first-order valence-electron chi connectivity index (χ1n) is 11.7. The number of esters is 1. The molecule has 29 heavy (non-hydrogen) atoms. The quantitative estimate of drug-likeness (QED) is 0.154. The molecule has 0 aromatic rings. The summed E-state index contributed by atoms with van der Waals surface area (Å²) >= 11 is 0. The minimum Gasteiger partial charge on any atom is -0.426 e. The molecule has 0 saturated carbocycles. The smallest absolute Gasteiger partial charge is 0.311 e. The van der Waals surface area contributed by atoms with Gasteiger partial charge in [-0.15, -0.1) is 0 Å². The highest BCUT2D eigenvalue weighted by atomic mass is 16.5. The molecule has 0 saturated heterocycles. The van der Waals surface area contributed by atoms with Crippen molar-refractivity contribution in [3.05, 3.63) is 36.8 Å². The van der Waals surface area contributed by atoms with Crippen LogP contribution in [-0.4, -0.2) is 5.97 Å². The van der Waals surface area contributed by atoms with Crippen LogP contribution in [0, 0.1) is 23.7 Å². The van der Waals surface area contributed by atoms with Crippen molar-refractivity contribution in [1.82, 2.24) is 0 Å². The van der Waals surface area contributed by atoms with Crippen LogP contribution in [-0.2, 0) is 9.53 Å². The van der Waals surface area contributed by atoms with E-state index in [2.05, 4.69) is 41.2 Å². The molecule has 0 amide bonds. The van der Waals surface area contributed by atoms with Gasteiger partial charge in [-0.2, -0.15) is 0 Å². The maximum atomic E-state index is 12.1. The highest BCUT2D eigenvalue weighted by Gasteiger charge is 2.13. The molecule has 0 aliphatic carbocycles. The van der Waals surface area contributed by atoms with E-state index in [-0.39, 0.29) is 5.97 Å². The van der Waals surface area contributed by atoms with E-state index in [9.17, 15) is 4.79 Å². The number of nitrogens with two attached hydrogens (primary N) is 1. The van der Waals surface area contributed by atoms with E-state index in [1.165, 1.54) is 57.6 Å². The predicted octanol–water partition coefficient (Wildman–Crippen LogP) is 7.54. The van der Waals surface area contributed by atoms with Crippen molar-refractivity contribution in [3.8, 4) is 0 Å². The number of carbonyl (C=O) groups is 1. The Morgan fingerprint density at radius 1 is 0.862 bits per heavy atom. The Balaban J connectivity index is 3.89. The first-order valence-corrected chi connectivity index (χ1v) is 11.7. The van der Waals surface area contributed by atoms with Crippen LogP contribution >= 0.6 is 0 Å². The van der Waals surface area contributed by atoms with Crippen molar-refractivity contribution < 1.29 is 9.53 Å². The zero-order chi connectivity index (χ0) is 22.1. The summed E-state index contributed by atoms with van der Waals surface area (Å²) in [5, 5.41) is 0. The van der Waals surface area contributed by atoms with Gasteiger partial charge < -0.3 is 10.5 Å². The van der Waals surface area contributed by atoms with Crippen LogP contribution in [0.4, 0.5) is 0 Å². The monoisotopic (exact) mass is 405 g/mol. The molecule has 0 aromatic carbocycles. The van der Waals surface area contributed by atoms with Gasteiger partial charge in [0.05, 0.1) is 0 Å². The van der Waals surface area contributed by atoms with E-state index in [1.54, 1.807) is 18.2 Å². The first-order chi connectivity index (χ1) is 13.8. The first kappa shape index (κ1) is 27.5. The van der Waals surface area contributed by atoms with Gasteiger partial charge in [0.15, 0.2) is 0 Å². The molecule has 3 atom stereocenters. The fraction of sp³-hybridized carbons (Fsp3) is 0.731. The van der Waals surface area contributed by atoms with Crippen LogP contribution in [0.1, 0.15) is 98.8 Å². The third-order valence-corrected chi connectivity index (χ3v) is 5.56. The van der Waals surface area contributed by atoms with Crippen molar-refractivity contribution in [3.63, 3.8) is 0 Å². The minimum absolute atomic E-state index is 0.205. The molecule has 0 aromatic heterocycles. The maximum Gasteiger partial charge on any atom is 0.311 e. The molecule has 168 valence electrons. The van der Waals surface area contributed by atoms with Gasteiger partial charge >= 0.3 is 5.97 Å². The Kier molecular flexibility index (Phi) is 16.5. The fourth-order valence-corrected chi connectivity index (χ4v) is 3.69. The molecule has 0 rings (SSSR count). The summed E-state index contributed by atoms with van der Waals surface area (Å²) in [7, 11) is 0. The number of allylic oxidation sites excluding steroid dienone is 3. The van der Waals surface area contributed by atoms with E-state index in [0.29, 0.717) is 18.1 Å². The van der Waals surface area contributed by atoms with Crippen molar-refractivity contribution >= 4 is 5.97 Å². The highest BCUT2D eigenvalue weighted by molar-refractivity contribution is 5.71. The van der Waals surface area contributed by atoms with Gasteiger partial charge in [-0.3, -0.25) is 4.79 Å². The number of hydrogen-bond acceptors (Lipinski definition) is 3. The Bertz CT molecular complexity index is 493. The molecule has 3 unspecified atom stereocenters. The SMILES string of the molecule is C=C/C=C(\C=C/N)OC(=O)CC(C)CCCC(C)CCCC(C)CCCC(C)C. The van der Waals surface area contributed by atoms with E-state index < -0.39 is 0 Å². The lowest BCUT2D eigenvalue weighted by Gasteiger charge is -2.16. The second-order valence-corrected chi connectivity index (χ2v) is 9.34. The van der Waals surface area contributed by atoms with Crippen LogP contribution in [0.2, 0.25) is 0 Å². The van der Waals surface area contributed by atoms with Gasteiger partial charge in [-0.25, -0.2) is 0 Å². The fourth-order valence-electron chi connectivity index (χ4n) is 3.69. The minimum atomic E-state index is -0.205. The standard InChI is InChI=1S/C26H47NO2/c1-7-11-25(18-19-27)29-26(28)20-24(6)17-10-16-23(5)15-9-14-22(4)13-8-12-21(2)3/h7,11,18-19,21-24H,1,8-10,12-17,20,27H2,2-6H3/b19-18-,25-11+. The van der Waals surface area contributed by atoms with Crippen LogP contribution < -0.4 is 5.73 Å². The van der Waals surface area contributed by atoms with Crippen molar-refractivity contribution in [1.29, 1.82) is 0 Å². The molecular formula is C26H47NO2. The lowest BCUT2D eigenvalue weighted by atomic mass is 9.91. The zero-order valence-corrected chi connectivity index (χ0v) is 19.8. The largest absolute Gasteiger partial charge is 0.426 e. The molecule has 0 radical (unpaired) electrons. The van der Waals surface area contributed by atoms with Gasteiger partial charge in [0.25, 0.3) is 0 Å². The molecule has 3 nitrogen and oxygen atoms in total. The molecule has 3 heteroatoms. The topological polar surface area (TPSA) is 52.3 Å². The van der Waals surface area contributed by atoms with Crippen LogP contribution in [0.5, 0.6) is 0 Å². The summed E-state index contributed by atoms with van der Waals surface area (Å²) in [4.78, 5) is 12.1. The number of hydrogen-bond donors (Lipinski definition) is 1. The molecule has 0 fully saturated rings. The summed E-state index contributed by atoms with van der Waals surface area (Å²) in [6.45, 7) is 15.1. The second-order valence-electron chi connectivity index (χ2n) is 9.34. The van der Waals surface area contributed by atoms with E-state index in [1.807, 2.05) is 0 Å². The van der Waals surface area contributed by atoms with Crippen LogP contribution in [0.3, 0.4) is 0 Å². The van der Waals surface area contributed by atoms with Crippen molar-refractivity contribution in [2.75, 3.05) is 0 Å². The van der Waals surface area contributed by atoms with Crippen LogP contribution in [0.15, 0.2) is 36.8 Å². The molecule has 2 N–H and O–H groups in total. The predicted molar refractivity (Wildman–Crippen MR) is 126 cm³/mol. The molecule has 0 spiro atoms. The summed E-state index contributed by atoms with van der Waals surface area (Å²) in [6, 6.07) is 0. The van der Waals surface area contributed by atoms with Crippen LogP contribution in [0.25, 0.3) is 0 Å². The van der Waals surface area contributed by atoms with Gasteiger partial charge in [0.1, 0.15) is 5.76 Å². The average molecular weight is 406 g/mol. The van der Waals surface area contributed by atoms with Gasteiger partial charge in [0, 0.05) is 6.42 Å². The lowest BCUT2D eigenvalue weighted by Crippen LogP contribution is -2.09.